The fourth-order valence-corrected chi connectivity index (χ4v) is 5.81. The predicted molar refractivity (Wildman–Crippen MR) is 169 cm³/mol. The van der Waals surface area contributed by atoms with E-state index in [1.165, 1.54) is 16.9 Å². The molecule has 10 atom stereocenters. The van der Waals surface area contributed by atoms with Crippen LogP contribution in [0, 0.1) is 0 Å². The fraction of sp³-hybridized carbons (Fsp3) is 0.767. The van der Waals surface area contributed by atoms with Crippen LogP contribution in [0.5, 0.6) is 0 Å². The van der Waals surface area contributed by atoms with Crippen LogP contribution in [0.4, 0.5) is 0 Å². The zero-order valence-electron chi connectivity index (χ0n) is 29.4. The first-order valence-electron chi connectivity index (χ1n) is 16.5. The van der Waals surface area contributed by atoms with Gasteiger partial charge in [0.15, 0.2) is 18.7 Å². The number of ether oxygens (including phenoxy) is 9. The Labute approximate surface area is 307 Å². The number of hydrogen-bond donors (Lipinski definition) is 5. The van der Waals surface area contributed by atoms with Gasteiger partial charge >= 0.3 is 23.9 Å². The van der Waals surface area contributed by atoms with E-state index in [1.54, 1.807) is 4.90 Å². The lowest BCUT2D eigenvalue weighted by molar-refractivity contribution is -0.340. The summed E-state index contributed by atoms with van der Waals surface area (Å²) in [5, 5.41) is 45.1. The average molecular weight is 783 g/mol. The van der Waals surface area contributed by atoms with E-state index < -0.39 is 105 Å². The molecule has 0 aromatic heterocycles. The summed E-state index contributed by atoms with van der Waals surface area (Å²) < 4.78 is 46.5. The van der Waals surface area contributed by atoms with Crippen LogP contribution >= 0.6 is 0 Å². The molecule has 0 aromatic rings. The van der Waals surface area contributed by atoms with Gasteiger partial charge in [0.25, 0.3) is 12.9 Å². The summed E-state index contributed by atoms with van der Waals surface area (Å²) in [4.78, 5) is 86.7. The van der Waals surface area contributed by atoms with Crippen LogP contribution in [0.2, 0.25) is 0 Å². The summed E-state index contributed by atoms with van der Waals surface area (Å²) >= 11 is 0. The van der Waals surface area contributed by atoms with Crippen LogP contribution in [0.25, 0.3) is 0 Å². The Morgan fingerprint density at radius 3 is 2.11 bits per heavy atom. The van der Waals surface area contributed by atoms with Crippen molar-refractivity contribution in [2.45, 2.75) is 61.3 Å². The van der Waals surface area contributed by atoms with Gasteiger partial charge in [0.1, 0.15) is 62.9 Å². The van der Waals surface area contributed by atoms with Crippen molar-refractivity contribution in [2.24, 2.45) is 0 Å². The van der Waals surface area contributed by atoms with Crippen LogP contribution in [-0.2, 0) is 76.2 Å². The Balaban J connectivity index is 1.68. The summed E-state index contributed by atoms with van der Waals surface area (Å²) in [5.41, 5.74) is 0. The number of carbonyl (C=O) groups excluding carboxylic acids is 7. The highest BCUT2D eigenvalue weighted by molar-refractivity contribution is 5.90. The van der Waals surface area contributed by atoms with Gasteiger partial charge in [-0.15, -0.1) is 0 Å². The zero-order chi connectivity index (χ0) is 39.8. The van der Waals surface area contributed by atoms with Crippen LogP contribution in [0.15, 0.2) is 0 Å². The normalized spacial score (nSPS) is 30.4. The number of rotatable bonds is 23. The topological polar surface area (TPSA) is 305 Å². The molecule has 0 bridgehead atoms. The van der Waals surface area contributed by atoms with Gasteiger partial charge in [0, 0.05) is 40.4 Å². The Bertz CT molecular complexity index is 1250. The number of carbonyl (C=O) groups is 7. The van der Waals surface area contributed by atoms with E-state index in [-0.39, 0.29) is 65.5 Å². The lowest BCUT2D eigenvalue weighted by Gasteiger charge is -2.47. The van der Waals surface area contributed by atoms with Crippen LogP contribution in [-0.4, -0.2) is 226 Å². The van der Waals surface area contributed by atoms with Crippen molar-refractivity contribution in [3.63, 3.8) is 0 Å². The van der Waals surface area contributed by atoms with Crippen molar-refractivity contribution in [1.82, 2.24) is 20.0 Å². The van der Waals surface area contributed by atoms with Crippen molar-refractivity contribution in [2.75, 3.05) is 86.6 Å². The maximum Gasteiger partial charge on any atom is 0.345 e. The molecule has 0 spiro atoms. The van der Waals surface area contributed by atoms with Gasteiger partial charge in [-0.25, -0.2) is 4.79 Å². The number of hydrogen-bond acceptors (Lipinski definition) is 24. The second-order valence-electron chi connectivity index (χ2n) is 12.1. The number of methoxy groups -OCH3 is 2. The first kappa shape index (κ1) is 44.8. The Hall–Kier alpha value is -3.63. The van der Waals surface area contributed by atoms with Crippen molar-refractivity contribution in [3.8, 4) is 0 Å². The molecular formula is C30H46N4O20. The molecule has 0 saturated carbocycles. The molecule has 3 fully saturated rings. The smallest absolute Gasteiger partial charge is 0.345 e. The third kappa shape index (κ3) is 12.7. The second kappa shape index (κ2) is 22.7. The van der Waals surface area contributed by atoms with E-state index in [4.69, 9.17) is 37.9 Å². The molecule has 0 amide bonds. The molecule has 3 rings (SSSR count). The van der Waals surface area contributed by atoms with Gasteiger partial charge in [0.05, 0.1) is 32.3 Å². The molecule has 3 aliphatic rings. The molecule has 306 valence electrons. The van der Waals surface area contributed by atoms with Crippen LogP contribution in [0.1, 0.15) is 0 Å². The summed E-state index contributed by atoms with van der Waals surface area (Å²) in [7, 11) is 2.33. The van der Waals surface area contributed by atoms with E-state index in [0.29, 0.717) is 6.29 Å². The predicted octanol–water partition coefficient (Wildman–Crippen LogP) is -6.96. The van der Waals surface area contributed by atoms with E-state index >= 15 is 0 Å². The molecule has 3 aliphatic heterocycles. The number of aldehydes is 1. The second-order valence-corrected chi connectivity index (χ2v) is 12.1. The number of nitrogens with one attached hydrogen (secondary N) is 1. The Kier molecular flexibility index (Phi) is 18.8. The molecule has 3 saturated heterocycles. The SMILES string of the molecule is COC1OC(CO)C(O)C(OC2OC(C(=O)OC(=O)CN(CCN(CCN3CC(=O)OC(=O)C3)COC=O)COC=O)C(OC)C(O)C2O)C1NCC=O. The van der Waals surface area contributed by atoms with Crippen molar-refractivity contribution in [1.29, 1.82) is 0 Å². The van der Waals surface area contributed by atoms with E-state index in [1.807, 2.05) is 0 Å². The standard InChI is InChI=1S/C30H46N4O20/c1-46-26-23(43)24(44)30(53-25-21(31-3-8-35)29(47-2)50-17(12-36)22(25)42)54-27(26)28(45)52-20(41)11-34(14-49-16-38)7-5-32(13-48-15-37)4-6-33-9-18(39)51-19(40)10-33/h8,15-17,21-27,29-31,36,42-44H,3-7,9-14H2,1-2H3. The number of aliphatic hydroxyl groups excluding tert-OH is 4. The minimum absolute atomic E-state index is 0.0359. The highest BCUT2D eigenvalue weighted by atomic mass is 16.7. The van der Waals surface area contributed by atoms with Gasteiger partial charge in [-0.3, -0.25) is 38.7 Å². The van der Waals surface area contributed by atoms with Gasteiger partial charge < -0.3 is 73.2 Å². The molecule has 24 nitrogen and oxygen atoms in total. The molecule has 5 N–H and O–H groups in total. The summed E-state index contributed by atoms with van der Waals surface area (Å²) in [6.45, 7) is -1.83. The third-order valence-electron chi connectivity index (χ3n) is 8.48. The maximum atomic E-state index is 13.3. The summed E-state index contributed by atoms with van der Waals surface area (Å²) in [5.74, 6) is -4.01. The minimum atomic E-state index is -1.91. The quantitative estimate of drug-likeness (QED) is 0.0211. The molecule has 54 heavy (non-hydrogen) atoms. The lowest BCUT2D eigenvalue weighted by Crippen LogP contribution is -2.68. The highest BCUT2D eigenvalue weighted by Crippen LogP contribution is 2.30. The van der Waals surface area contributed by atoms with E-state index in [9.17, 15) is 54.0 Å². The van der Waals surface area contributed by atoms with E-state index in [2.05, 4.69) is 10.1 Å². The fourth-order valence-electron chi connectivity index (χ4n) is 5.81. The molecule has 24 heteroatoms. The van der Waals surface area contributed by atoms with Gasteiger partial charge in [-0.1, -0.05) is 0 Å². The number of cyclic esters (lactones) is 2. The van der Waals surface area contributed by atoms with Gasteiger partial charge in [0.2, 0.25) is 0 Å². The largest absolute Gasteiger partial charge is 0.452 e. The average Bonchev–Trinajstić information content (AvgIpc) is 3.14. The van der Waals surface area contributed by atoms with Crippen LogP contribution in [0.3, 0.4) is 0 Å². The van der Waals surface area contributed by atoms with Crippen molar-refractivity contribution < 1.29 is 96.6 Å². The monoisotopic (exact) mass is 782 g/mol. The van der Waals surface area contributed by atoms with Crippen LogP contribution < -0.4 is 5.32 Å². The summed E-state index contributed by atoms with van der Waals surface area (Å²) in [6.07, 6.45) is -14.2. The molecule has 10 unspecified atom stereocenters. The first-order valence-corrected chi connectivity index (χ1v) is 16.5. The lowest BCUT2D eigenvalue weighted by atomic mass is 9.95. The number of morpholine rings is 1. The molecule has 0 radical (unpaired) electrons. The molecule has 0 aromatic carbocycles. The van der Waals surface area contributed by atoms with Gasteiger partial charge in [-0.05, 0) is 0 Å². The third-order valence-corrected chi connectivity index (χ3v) is 8.48. The number of nitrogens with zero attached hydrogens (tertiary/aromatic N) is 3. The Morgan fingerprint density at radius 2 is 1.52 bits per heavy atom. The Morgan fingerprint density at radius 1 is 0.870 bits per heavy atom. The van der Waals surface area contributed by atoms with Gasteiger partial charge in [-0.2, -0.15) is 0 Å². The number of aliphatic hydroxyl groups is 4. The molecular weight excluding hydrogens is 736 g/mol. The summed E-state index contributed by atoms with van der Waals surface area (Å²) in [6, 6.07) is -1.11. The highest BCUT2D eigenvalue weighted by Gasteiger charge is 2.53. The number of esters is 4. The maximum absolute atomic E-state index is 13.3. The van der Waals surface area contributed by atoms with Crippen molar-refractivity contribution >= 4 is 43.1 Å². The zero-order valence-corrected chi connectivity index (χ0v) is 29.4. The molecule has 0 aliphatic carbocycles. The molecule has 3 heterocycles. The first-order chi connectivity index (χ1) is 25.9. The van der Waals surface area contributed by atoms with Crippen molar-refractivity contribution in [3.05, 3.63) is 0 Å². The van der Waals surface area contributed by atoms with E-state index in [0.717, 1.165) is 7.11 Å². The minimum Gasteiger partial charge on any atom is -0.452 e.